The van der Waals surface area contributed by atoms with Crippen molar-refractivity contribution < 1.29 is 17.9 Å². The largest absolute Gasteiger partial charge is 0.378 e. The molecule has 0 aliphatic carbocycles. The number of benzene rings is 2. The van der Waals surface area contributed by atoms with Crippen LogP contribution in [0.25, 0.3) is 22.2 Å². The average molecular weight is 463 g/mol. The van der Waals surface area contributed by atoms with E-state index in [0.29, 0.717) is 18.5 Å². The predicted octanol–water partition coefficient (Wildman–Crippen LogP) is 2.80. The van der Waals surface area contributed by atoms with Gasteiger partial charge in [0.2, 0.25) is 0 Å². The van der Waals surface area contributed by atoms with Crippen molar-refractivity contribution in [2.45, 2.75) is 6.54 Å². The molecule has 172 valence electrons. The van der Waals surface area contributed by atoms with Gasteiger partial charge in [0.25, 0.3) is 15.8 Å². The van der Waals surface area contributed by atoms with E-state index in [-0.39, 0.29) is 10.6 Å². The zero-order valence-corrected chi connectivity index (χ0v) is 19.3. The number of hydrogen-bond acceptors (Lipinski definition) is 8. The number of nitrogens with one attached hydrogen (secondary N) is 1. The molecule has 0 fully saturated rings. The molecule has 0 saturated heterocycles. The Morgan fingerprint density at radius 2 is 1.84 bits per heavy atom. The molecule has 0 saturated carbocycles. The maximum atomic E-state index is 11.6. The summed E-state index contributed by atoms with van der Waals surface area (Å²) in [6.45, 7) is 1.55. The topological polar surface area (TPSA) is 134 Å². The van der Waals surface area contributed by atoms with Gasteiger partial charge in [-0.2, -0.15) is 13.5 Å². The van der Waals surface area contributed by atoms with Crippen LogP contribution in [0.4, 0.5) is 22.7 Å². The normalized spacial score (nSPS) is 12.1. The molecule has 0 bridgehead atoms. The summed E-state index contributed by atoms with van der Waals surface area (Å²) in [7, 11) is 4.34. The average Bonchev–Trinajstić information content (AvgIpc) is 3.05. The summed E-state index contributed by atoms with van der Waals surface area (Å²) < 4.78 is 27.8. The van der Waals surface area contributed by atoms with Crippen LogP contribution in [0.1, 0.15) is 0 Å². The number of nitro benzene ring substituents is 1. The Morgan fingerprint density at radius 1 is 1.19 bits per heavy atom. The number of hydrogen-bond donors (Lipinski definition) is 2. The van der Waals surface area contributed by atoms with Gasteiger partial charge in [0.1, 0.15) is 11.4 Å². The molecule has 0 amide bonds. The van der Waals surface area contributed by atoms with E-state index in [4.69, 9.17) is 9.65 Å². The maximum Gasteiger partial charge on any atom is 0.293 e. The minimum atomic E-state index is -3.67. The molecule has 2 N–H and O–H groups in total. The van der Waals surface area contributed by atoms with Gasteiger partial charge in [-0.3, -0.25) is 19.3 Å². The van der Waals surface area contributed by atoms with Gasteiger partial charge in [0, 0.05) is 43.6 Å². The van der Waals surface area contributed by atoms with Crippen molar-refractivity contribution >= 4 is 43.8 Å². The summed E-state index contributed by atoms with van der Waals surface area (Å²) in [6, 6.07) is 9.37. The lowest BCUT2D eigenvalue weighted by Gasteiger charge is -2.20. The van der Waals surface area contributed by atoms with Crippen LogP contribution in [0.3, 0.4) is 0 Å². The van der Waals surface area contributed by atoms with Crippen molar-refractivity contribution in [3.8, 4) is 11.3 Å². The Balaban J connectivity index is 0.000000523. The zero-order valence-electron chi connectivity index (χ0n) is 18.5. The van der Waals surface area contributed by atoms with E-state index in [0.717, 1.165) is 40.1 Å². The Labute approximate surface area is 186 Å². The molecule has 4 rings (SSSR count). The molecule has 2 heterocycles. The summed E-state index contributed by atoms with van der Waals surface area (Å²) in [6.07, 6.45) is 0.715. The second-order valence-corrected chi connectivity index (χ2v) is 9.43. The molecule has 11 nitrogen and oxygen atoms in total. The fourth-order valence-electron chi connectivity index (χ4n) is 3.44. The number of anilines is 3. The third kappa shape index (κ3) is 4.98. The molecule has 1 aromatic heterocycles. The highest BCUT2D eigenvalue weighted by atomic mass is 32.2. The van der Waals surface area contributed by atoms with Crippen LogP contribution in [-0.4, -0.2) is 73.6 Å². The molecule has 0 spiro atoms. The van der Waals surface area contributed by atoms with Crippen LogP contribution in [0, 0.1) is 10.1 Å². The van der Waals surface area contributed by atoms with Gasteiger partial charge in [-0.25, -0.2) is 0 Å². The smallest absolute Gasteiger partial charge is 0.293 e. The summed E-state index contributed by atoms with van der Waals surface area (Å²) in [5.41, 5.74) is 5.14. The lowest BCUT2D eigenvalue weighted by Crippen LogP contribution is -2.18. The second-order valence-electron chi connectivity index (χ2n) is 7.97. The van der Waals surface area contributed by atoms with Crippen LogP contribution in [0.2, 0.25) is 0 Å². The third-order valence-corrected chi connectivity index (χ3v) is 4.89. The second kappa shape index (κ2) is 8.73. The number of fused-ring (bicyclic) bond motifs is 2. The first-order chi connectivity index (χ1) is 14.9. The molecule has 32 heavy (non-hydrogen) atoms. The van der Waals surface area contributed by atoms with E-state index in [9.17, 15) is 18.5 Å². The van der Waals surface area contributed by atoms with Crippen molar-refractivity contribution in [1.29, 1.82) is 0 Å². The number of nitrogens with zero attached hydrogens (tertiary/aromatic N) is 5. The molecule has 3 aromatic rings. The van der Waals surface area contributed by atoms with E-state index in [1.807, 2.05) is 49.9 Å². The quantitative estimate of drug-likeness (QED) is 0.261. The van der Waals surface area contributed by atoms with Crippen LogP contribution in [0.5, 0.6) is 0 Å². The molecular formula is C20H26N6O5S. The first kappa shape index (κ1) is 23.4. The minimum Gasteiger partial charge on any atom is -0.378 e. The van der Waals surface area contributed by atoms with E-state index >= 15 is 0 Å². The Morgan fingerprint density at radius 3 is 2.41 bits per heavy atom. The van der Waals surface area contributed by atoms with Crippen LogP contribution in [0.15, 0.2) is 30.3 Å². The van der Waals surface area contributed by atoms with Crippen LogP contribution >= 0.6 is 0 Å². The number of rotatable bonds is 5. The van der Waals surface area contributed by atoms with Crippen molar-refractivity contribution in [1.82, 2.24) is 14.7 Å². The lowest BCUT2D eigenvalue weighted by molar-refractivity contribution is -0.383. The molecular weight excluding hydrogens is 436 g/mol. The fourth-order valence-corrected chi connectivity index (χ4v) is 3.44. The summed E-state index contributed by atoms with van der Waals surface area (Å²) in [5, 5.41) is 20.5. The summed E-state index contributed by atoms with van der Waals surface area (Å²) >= 11 is 0. The zero-order chi connectivity index (χ0) is 23.8. The Hall–Kier alpha value is -3.22. The van der Waals surface area contributed by atoms with E-state index < -0.39 is 10.1 Å². The van der Waals surface area contributed by atoms with Crippen molar-refractivity contribution in [2.75, 3.05) is 51.2 Å². The molecule has 2 aromatic carbocycles. The number of nitro groups is 1. The van der Waals surface area contributed by atoms with Crippen molar-refractivity contribution in [2.24, 2.45) is 0 Å². The molecule has 1 aliphatic heterocycles. The van der Waals surface area contributed by atoms with Gasteiger partial charge in [-0.1, -0.05) is 0 Å². The van der Waals surface area contributed by atoms with Crippen LogP contribution < -0.4 is 10.2 Å². The Bertz CT molecular complexity index is 1280. The molecule has 0 atom stereocenters. The highest BCUT2D eigenvalue weighted by Gasteiger charge is 2.29. The first-order valence-corrected chi connectivity index (χ1v) is 11.6. The number of likely N-dealkylation sites (N-methyl/N-ethyl adjacent to an activating group) is 1. The van der Waals surface area contributed by atoms with Crippen LogP contribution in [-0.2, 0) is 16.7 Å². The molecule has 0 unspecified atom stereocenters. The monoisotopic (exact) mass is 462 g/mol. The van der Waals surface area contributed by atoms with Gasteiger partial charge in [0.15, 0.2) is 0 Å². The summed E-state index contributed by atoms with van der Waals surface area (Å²) in [5.74, 6) is 0. The lowest BCUT2D eigenvalue weighted by atomic mass is 9.98. The standard InChI is InChI=1S/C19H22N6O2.CH4O3S/c1-22(2)9-10-24-15-7-8-16(25(26)27)19-17(15)18(21-24)13-11-12(23(3)4)5-6-14(13)20-19;1-5(2,3)4/h5-8,11,20H,9-10H2,1-4H3;1H3,(H,2,3,4). The van der Waals surface area contributed by atoms with E-state index in [1.54, 1.807) is 12.1 Å². The Kier molecular flexibility index (Phi) is 6.39. The molecule has 12 heteroatoms. The van der Waals surface area contributed by atoms with Gasteiger partial charge < -0.3 is 15.1 Å². The maximum absolute atomic E-state index is 11.6. The summed E-state index contributed by atoms with van der Waals surface area (Å²) in [4.78, 5) is 15.3. The van der Waals surface area contributed by atoms with Gasteiger partial charge in [-0.15, -0.1) is 0 Å². The SMILES string of the molecule is CN(C)CCn1nc2c3c(c([N+](=O)[O-])ccc31)Nc1ccc(N(C)C)cc1-2.CS(=O)(=O)O. The third-order valence-electron chi connectivity index (χ3n) is 4.89. The highest BCUT2D eigenvalue weighted by Crippen LogP contribution is 2.47. The van der Waals surface area contributed by atoms with Gasteiger partial charge >= 0.3 is 0 Å². The molecule has 1 aliphatic rings. The van der Waals surface area contributed by atoms with E-state index in [1.165, 1.54) is 0 Å². The van der Waals surface area contributed by atoms with Crippen molar-refractivity contribution in [3.63, 3.8) is 0 Å². The first-order valence-electron chi connectivity index (χ1n) is 9.70. The number of aromatic nitrogens is 2. The van der Waals surface area contributed by atoms with Gasteiger partial charge in [-0.05, 0) is 38.4 Å². The van der Waals surface area contributed by atoms with Crippen molar-refractivity contribution in [3.05, 3.63) is 40.4 Å². The highest BCUT2D eigenvalue weighted by molar-refractivity contribution is 7.85. The van der Waals surface area contributed by atoms with Gasteiger partial charge in [0.05, 0.1) is 28.6 Å². The molecule has 0 radical (unpaired) electrons. The minimum absolute atomic E-state index is 0.0678. The fraction of sp³-hybridized carbons (Fsp3) is 0.350. The van der Waals surface area contributed by atoms with E-state index in [2.05, 4.69) is 16.3 Å². The predicted molar refractivity (Wildman–Crippen MR) is 125 cm³/mol.